The number of nitrogens with zero attached hydrogens (tertiary/aromatic N) is 1. The fraction of sp³-hybridized carbons (Fsp3) is 0.444. The molecule has 1 aromatic carbocycles. The second-order valence-corrected chi connectivity index (χ2v) is 5.14. The van der Waals surface area contributed by atoms with Gasteiger partial charge in [-0.1, -0.05) is 25.5 Å². The minimum Gasteiger partial charge on any atom is -0.466 e. The Labute approximate surface area is 132 Å². The Balaban J connectivity index is 2.42. The fourth-order valence-corrected chi connectivity index (χ4v) is 2.20. The molecule has 0 aromatic heterocycles. The summed E-state index contributed by atoms with van der Waals surface area (Å²) in [6.45, 7) is 5.12. The number of benzene rings is 1. The van der Waals surface area contributed by atoms with Crippen LogP contribution in [0.4, 0.5) is 0 Å². The van der Waals surface area contributed by atoms with Crippen molar-refractivity contribution < 1.29 is 9.53 Å². The molecule has 0 saturated heterocycles. The third-order valence-electron chi connectivity index (χ3n) is 3.30. The minimum absolute atomic E-state index is 0.126. The predicted molar refractivity (Wildman–Crippen MR) is 87.8 cm³/mol. The first-order valence-electron chi connectivity index (χ1n) is 7.75. The van der Waals surface area contributed by atoms with E-state index < -0.39 is 0 Å². The summed E-state index contributed by atoms with van der Waals surface area (Å²) in [6.07, 6.45) is 6.34. The third kappa shape index (κ3) is 6.94. The Bertz CT molecular complexity index is 515. The summed E-state index contributed by atoms with van der Waals surface area (Å²) in [5.74, 6) is 0.161. The van der Waals surface area contributed by atoms with E-state index in [1.807, 2.05) is 31.3 Å². The van der Waals surface area contributed by atoms with Gasteiger partial charge < -0.3 is 10.1 Å². The Morgan fingerprint density at radius 2 is 2.09 bits per heavy atom. The molecule has 4 nitrogen and oxygen atoms in total. The van der Waals surface area contributed by atoms with E-state index in [-0.39, 0.29) is 11.9 Å². The first-order valence-corrected chi connectivity index (χ1v) is 7.75. The Morgan fingerprint density at radius 3 is 2.68 bits per heavy atom. The quantitative estimate of drug-likeness (QED) is 0.709. The molecule has 0 aliphatic rings. The van der Waals surface area contributed by atoms with Crippen LogP contribution < -0.4 is 5.32 Å². The van der Waals surface area contributed by atoms with Gasteiger partial charge in [0, 0.05) is 13.0 Å². The summed E-state index contributed by atoms with van der Waals surface area (Å²) in [5.41, 5.74) is 1.69. The Kier molecular flexibility index (Phi) is 8.44. The van der Waals surface area contributed by atoms with Crippen LogP contribution in [-0.2, 0) is 9.53 Å². The van der Waals surface area contributed by atoms with E-state index in [9.17, 15) is 4.79 Å². The van der Waals surface area contributed by atoms with Crippen molar-refractivity contribution in [3.8, 4) is 6.07 Å². The van der Waals surface area contributed by atoms with Crippen molar-refractivity contribution in [3.05, 3.63) is 41.6 Å². The lowest BCUT2D eigenvalue weighted by Crippen LogP contribution is -2.22. The van der Waals surface area contributed by atoms with Crippen LogP contribution in [-0.4, -0.2) is 19.1 Å². The highest BCUT2D eigenvalue weighted by molar-refractivity contribution is 5.69. The molecule has 0 spiro atoms. The number of carbonyl (C=O) groups is 1. The summed E-state index contributed by atoms with van der Waals surface area (Å²) < 4.78 is 5.01. The molecule has 1 rings (SSSR count). The van der Waals surface area contributed by atoms with Crippen molar-refractivity contribution in [3.63, 3.8) is 0 Å². The zero-order chi connectivity index (χ0) is 16.2. The predicted octanol–water partition coefficient (Wildman–Crippen LogP) is 3.49. The highest BCUT2D eigenvalue weighted by Crippen LogP contribution is 2.11. The Hall–Kier alpha value is -2.28. The molecule has 118 valence electrons. The van der Waals surface area contributed by atoms with E-state index in [1.54, 1.807) is 12.1 Å². The molecule has 0 fully saturated rings. The van der Waals surface area contributed by atoms with E-state index >= 15 is 0 Å². The number of rotatable bonds is 9. The summed E-state index contributed by atoms with van der Waals surface area (Å²) in [6, 6.07) is 9.48. The first kappa shape index (κ1) is 17.8. The zero-order valence-corrected chi connectivity index (χ0v) is 13.3. The van der Waals surface area contributed by atoms with E-state index in [0.29, 0.717) is 18.6 Å². The number of hydrogen-bond acceptors (Lipinski definition) is 4. The molecule has 1 atom stereocenters. The summed E-state index contributed by atoms with van der Waals surface area (Å²) >= 11 is 0. The molecule has 0 amide bonds. The number of esters is 1. The van der Waals surface area contributed by atoms with Crippen LogP contribution in [0.5, 0.6) is 0 Å². The minimum atomic E-state index is -0.126. The van der Waals surface area contributed by atoms with Gasteiger partial charge in [-0.25, -0.2) is 0 Å². The van der Waals surface area contributed by atoms with Crippen LogP contribution in [0.1, 0.15) is 44.2 Å². The second-order valence-electron chi connectivity index (χ2n) is 5.14. The average molecular weight is 300 g/mol. The van der Waals surface area contributed by atoms with Crippen LogP contribution in [0.25, 0.3) is 6.08 Å². The maximum absolute atomic E-state index is 11.5. The van der Waals surface area contributed by atoms with Crippen molar-refractivity contribution in [2.45, 2.75) is 33.1 Å². The second kappa shape index (κ2) is 10.4. The monoisotopic (exact) mass is 300 g/mol. The first-order chi connectivity index (χ1) is 10.7. The van der Waals surface area contributed by atoms with Crippen LogP contribution in [0.15, 0.2) is 30.5 Å². The lowest BCUT2D eigenvalue weighted by Gasteiger charge is -2.15. The van der Waals surface area contributed by atoms with Gasteiger partial charge >= 0.3 is 5.97 Å². The SMILES string of the molecule is CCCC(CN/C=C/c1ccc(C#N)cc1)CC(=O)OCC. The highest BCUT2D eigenvalue weighted by atomic mass is 16.5. The molecular formula is C18H24N2O2. The summed E-state index contributed by atoms with van der Waals surface area (Å²) in [7, 11) is 0. The van der Waals surface area contributed by atoms with Crippen molar-refractivity contribution in [2.75, 3.05) is 13.2 Å². The van der Waals surface area contributed by atoms with Crippen molar-refractivity contribution in [1.29, 1.82) is 5.26 Å². The number of hydrogen-bond donors (Lipinski definition) is 1. The maximum Gasteiger partial charge on any atom is 0.306 e. The van der Waals surface area contributed by atoms with E-state index in [1.165, 1.54) is 0 Å². The van der Waals surface area contributed by atoms with Gasteiger partial charge in [0.15, 0.2) is 0 Å². The Morgan fingerprint density at radius 1 is 1.36 bits per heavy atom. The van der Waals surface area contributed by atoms with Gasteiger partial charge in [-0.05, 0) is 49.2 Å². The van der Waals surface area contributed by atoms with Gasteiger partial charge in [-0.2, -0.15) is 5.26 Å². The lowest BCUT2D eigenvalue weighted by atomic mass is 10.00. The van der Waals surface area contributed by atoms with E-state index in [4.69, 9.17) is 10.00 Å². The van der Waals surface area contributed by atoms with Gasteiger partial charge in [-0.15, -0.1) is 0 Å². The molecule has 22 heavy (non-hydrogen) atoms. The molecular weight excluding hydrogens is 276 g/mol. The highest BCUT2D eigenvalue weighted by Gasteiger charge is 2.13. The molecule has 0 radical (unpaired) electrons. The molecule has 4 heteroatoms. The van der Waals surface area contributed by atoms with Gasteiger partial charge in [0.1, 0.15) is 0 Å². The topological polar surface area (TPSA) is 62.1 Å². The molecule has 1 aromatic rings. The molecule has 1 unspecified atom stereocenters. The van der Waals surface area contributed by atoms with Crippen molar-refractivity contribution >= 4 is 12.0 Å². The molecule has 0 heterocycles. The normalized spacial score (nSPS) is 11.9. The van der Waals surface area contributed by atoms with E-state index in [2.05, 4.69) is 18.3 Å². The molecule has 0 bridgehead atoms. The third-order valence-corrected chi connectivity index (χ3v) is 3.30. The van der Waals surface area contributed by atoms with E-state index in [0.717, 1.165) is 24.9 Å². The van der Waals surface area contributed by atoms with Crippen LogP contribution in [0.3, 0.4) is 0 Å². The van der Waals surface area contributed by atoms with Crippen molar-refractivity contribution in [2.24, 2.45) is 5.92 Å². The zero-order valence-electron chi connectivity index (χ0n) is 13.3. The van der Waals surface area contributed by atoms with Crippen LogP contribution >= 0.6 is 0 Å². The van der Waals surface area contributed by atoms with Gasteiger partial charge in [0.2, 0.25) is 0 Å². The number of carbonyl (C=O) groups excluding carboxylic acids is 1. The molecule has 0 aliphatic carbocycles. The largest absolute Gasteiger partial charge is 0.466 e. The van der Waals surface area contributed by atoms with Crippen LogP contribution in [0.2, 0.25) is 0 Å². The summed E-state index contributed by atoms with van der Waals surface area (Å²) in [4.78, 5) is 11.5. The fourth-order valence-electron chi connectivity index (χ4n) is 2.20. The number of nitriles is 1. The standard InChI is InChI=1S/C18H24N2O2/c1-3-5-17(12-18(21)22-4-2)14-20-11-10-15-6-8-16(13-19)9-7-15/h6-11,17,20H,3-5,12,14H2,1-2H3/b11-10+. The average Bonchev–Trinajstić information content (AvgIpc) is 2.52. The van der Waals surface area contributed by atoms with Gasteiger partial charge in [0.25, 0.3) is 0 Å². The lowest BCUT2D eigenvalue weighted by molar-refractivity contribution is -0.144. The van der Waals surface area contributed by atoms with Crippen molar-refractivity contribution in [1.82, 2.24) is 5.32 Å². The number of nitrogens with one attached hydrogen (secondary N) is 1. The summed E-state index contributed by atoms with van der Waals surface area (Å²) in [5, 5.41) is 12.0. The van der Waals surface area contributed by atoms with Gasteiger partial charge in [-0.3, -0.25) is 4.79 Å². The molecule has 1 N–H and O–H groups in total. The molecule has 0 aliphatic heterocycles. The smallest absolute Gasteiger partial charge is 0.306 e. The maximum atomic E-state index is 11.5. The van der Waals surface area contributed by atoms with Crippen LogP contribution in [0, 0.1) is 17.2 Å². The number of ether oxygens (including phenoxy) is 1. The molecule has 0 saturated carbocycles. The van der Waals surface area contributed by atoms with Gasteiger partial charge in [0.05, 0.1) is 18.2 Å².